The minimum atomic E-state index is -0.486. The molecule has 0 atom stereocenters. The minimum absolute atomic E-state index is 0.273. The maximum absolute atomic E-state index is 12.4. The molecule has 0 aliphatic carbocycles. The van der Waals surface area contributed by atoms with Crippen LogP contribution >= 0.6 is 23.1 Å². The minimum Gasteiger partial charge on any atom is -0.452 e. The Labute approximate surface area is 172 Å². The van der Waals surface area contributed by atoms with Gasteiger partial charge in [0.25, 0.3) is 5.91 Å². The average molecular weight is 415 g/mol. The first-order valence-corrected chi connectivity index (χ1v) is 10.8. The number of thiazole rings is 1. The predicted molar refractivity (Wildman–Crippen MR) is 114 cm³/mol. The lowest BCUT2D eigenvalue weighted by atomic mass is 10.1. The Morgan fingerprint density at radius 3 is 2.68 bits per heavy atom. The number of hydrogen-bond acceptors (Lipinski definition) is 6. The van der Waals surface area contributed by atoms with Gasteiger partial charge in [0.1, 0.15) is 0 Å². The van der Waals surface area contributed by atoms with Gasteiger partial charge in [-0.3, -0.25) is 4.79 Å². The summed E-state index contributed by atoms with van der Waals surface area (Å²) in [5, 5.41) is 2.74. The van der Waals surface area contributed by atoms with Crippen LogP contribution < -0.4 is 5.32 Å². The summed E-state index contributed by atoms with van der Waals surface area (Å²) in [5.74, 6) is 0.175. The molecule has 2 aromatic carbocycles. The molecule has 0 saturated carbocycles. The molecule has 0 saturated heterocycles. The third-order valence-corrected chi connectivity index (χ3v) is 6.13. The lowest BCUT2D eigenvalue weighted by Gasteiger charge is -2.10. The zero-order valence-electron chi connectivity index (χ0n) is 15.8. The fraction of sp³-hybridized carbons (Fsp3) is 0.286. The van der Waals surface area contributed by atoms with Crippen molar-refractivity contribution in [3.8, 4) is 0 Å². The number of hydrogen-bond donors (Lipinski definition) is 1. The van der Waals surface area contributed by atoms with Crippen LogP contribution in [0.2, 0.25) is 0 Å². The summed E-state index contributed by atoms with van der Waals surface area (Å²) >= 11 is 3.22. The van der Waals surface area contributed by atoms with Gasteiger partial charge in [-0.1, -0.05) is 55.9 Å². The van der Waals surface area contributed by atoms with E-state index in [-0.39, 0.29) is 12.5 Å². The smallest absolute Gasteiger partial charge is 0.338 e. The van der Waals surface area contributed by atoms with Crippen LogP contribution in [0.3, 0.4) is 0 Å². The standard InChI is InChI=1S/C21H22N2O3S2/c1-14(2)11-22-19(24)12-26-20(25)16-8-4-3-7-15(16)13-27-21-23-17-9-5-6-10-18(17)28-21/h3-10,14H,11-13H2,1-2H3,(H,22,24). The van der Waals surface area contributed by atoms with Crippen molar-refractivity contribution in [3.63, 3.8) is 0 Å². The first kappa shape index (κ1) is 20.4. The normalized spacial score (nSPS) is 11.0. The topological polar surface area (TPSA) is 68.3 Å². The number of thioether (sulfide) groups is 1. The molecule has 0 spiro atoms. The highest BCUT2D eigenvalue weighted by Gasteiger charge is 2.15. The molecule has 0 unspecified atom stereocenters. The largest absolute Gasteiger partial charge is 0.452 e. The van der Waals surface area contributed by atoms with E-state index in [0.717, 1.165) is 20.1 Å². The van der Waals surface area contributed by atoms with E-state index in [1.54, 1.807) is 35.2 Å². The van der Waals surface area contributed by atoms with Crippen LogP contribution in [-0.4, -0.2) is 30.0 Å². The highest BCUT2D eigenvalue weighted by atomic mass is 32.2. The molecule has 0 aliphatic rings. The second-order valence-electron chi connectivity index (χ2n) is 6.67. The van der Waals surface area contributed by atoms with Crippen LogP contribution in [0, 0.1) is 5.92 Å². The molecule has 0 fully saturated rings. The second kappa shape index (κ2) is 9.71. The number of fused-ring (bicyclic) bond motifs is 1. The van der Waals surface area contributed by atoms with Gasteiger partial charge in [-0.15, -0.1) is 11.3 Å². The summed E-state index contributed by atoms with van der Waals surface area (Å²) in [6.45, 7) is 4.30. The number of nitrogens with one attached hydrogen (secondary N) is 1. The molecule has 0 radical (unpaired) electrons. The van der Waals surface area contributed by atoms with Crippen molar-refractivity contribution >= 4 is 45.2 Å². The third-order valence-electron chi connectivity index (χ3n) is 3.90. The fourth-order valence-electron chi connectivity index (χ4n) is 2.48. The average Bonchev–Trinajstić information content (AvgIpc) is 3.12. The number of esters is 1. The van der Waals surface area contributed by atoms with Gasteiger partial charge in [-0.2, -0.15) is 0 Å². The number of rotatable bonds is 8. The van der Waals surface area contributed by atoms with E-state index in [2.05, 4.69) is 10.3 Å². The van der Waals surface area contributed by atoms with Gasteiger partial charge < -0.3 is 10.1 Å². The molecule has 0 aliphatic heterocycles. The molecular weight excluding hydrogens is 392 g/mol. The molecule has 1 aromatic heterocycles. The van der Waals surface area contributed by atoms with Crippen LogP contribution in [0.1, 0.15) is 29.8 Å². The molecule has 28 heavy (non-hydrogen) atoms. The maximum atomic E-state index is 12.4. The molecule has 0 bridgehead atoms. The Hall–Kier alpha value is -2.38. The van der Waals surface area contributed by atoms with Gasteiger partial charge in [0.2, 0.25) is 0 Å². The van der Waals surface area contributed by atoms with E-state index < -0.39 is 5.97 Å². The van der Waals surface area contributed by atoms with Gasteiger partial charge in [0, 0.05) is 12.3 Å². The number of amides is 1. The fourth-order valence-corrected chi connectivity index (χ4v) is 4.55. The SMILES string of the molecule is CC(C)CNC(=O)COC(=O)c1ccccc1CSc1nc2ccccc2s1. The Morgan fingerprint density at radius 1 is 1.14 bits per heavy atom. The van der Waals surface area contributed by atoms with Gasteiger partial charge in [-0.25, -0.2) is 9.78 Å². The molecule has 5 nitrogen and oxygen atoms in total. The summed E-state index contributed by atoms with van der Waals surface area (Å²) in [6.07, 6.45) is 0. The van der Waals surface area contributed by atoms with Gasteiger partial charge in [0.15, 0.2) is 10.9 Å². The quantitative estimate of drug-likeness (QED) is 0.434. The molecule has 7 heteroatoms. The maximum Gasteiger partial charge on any atom is 0.338 e. The van der Waals surface area contributed by atoms with Gasteiger partial charge in [-0.05, 0) is 29.7 Å². The third kappa shape index (κ3) is 5.56. The van der Waals surface area contributed by atoms with Gasteiger partial charge in [0.05, 0.1) is 15.8 Å². The van der Waals surface area contributed by atoms with Crippen molar-refractivity contribution in [3.05, 3.63) is 59.7 Å². The van der Waals surface area contributed by atoms with Crippen molar-refractivity contribution in [2.45, 2.75) is 23.9 Å². The Balaban J connectivity index is 1.60. The molecule has 3 aromatic rings. The van der Waals surface area contributed by atoms with Crippen molar-refractivity contribution in [1.29, 1.82) is 0 Å². The van der Waals surface area contributed by atoms with Crippen LogP contribution in [0.15, 0.2) is 52.9 Å². The van der Waals surface area contributed by atoms with Crippen LogP contribution in [-0.2, 0) is 15.3 Å². The van der Waals surface area contributed by atoms with E-state index in [0.29, 0.717) is 23.8 Å². The summed E-state index contributed by atoms with van der Waals surface area (Å²) in [7, 11) is 0. The van der Waals surface area contributed by atoms with Crippen molar-refractivity contribution in [2.24, 2.45) is 5.92 Å². The van der Waals surface area contributed by atoms with Crippen molar-refractivity contribution in [1.82, 2.24) is 10.3 Å². The van der Waals surface area contributed by atoms with E-state index >= 15 is 0 Å². The summed E-state index contributed by atoms with van der Waals surface area (Å²) < 4.78 is 7.29. The lowest BCUT2D eigenvalue weighted by molar-refractivity contribution is -0.124. The van der Waals surface area contributed by atoms with Crippen LogP contribution in [0.5, 0.6) is 0 Å². The summed E-state index contributed by atoms with van der Waals surface area (Å²) in [5.41, 5.74) is 2.32. The number of carbonyl (C=O) groups excluding carboxylic acids is 2. The van der Waals surface area contributed by atoms with Crippen LogP contribution in [0.4, 0.5) is 0 Å². The molecule has 1 amide bonds. The highest BCUT2D eigenvalue weighted by molar-refractivity contribution is 8.00. The highest BCUT2D eigenvalue weighted by Crippen LogP contribution is 2.32. The van der Waals surface area contributed by atoms with Crippen molar-refractivity contribution < 1.29 is 14.3 Å². The number of para-hydroxylation sites is 1. The lowest BCUT2D eigenvalue weighted by Crippen LogP contribution is -2.31. The summed E-state index contributed by atoms with van der Waals surface area (Å²) in [4.78, 5) is 28.8. The van der Waals surface area contributed by atoms with Crippen LogP contribution in [0.25, 0.3) is 10.2 Å². The number of benzene rings is 2. The number of nitrogens with zero attached hydrogens (tertiary/aromatic N) is 1. The van der Waals surface area contributed by atoms with E-state index in [1.807, 2.05) is 50.2 Å². The molecule has 1 N–H and O–H groups in total. The number of carbonyl (C=O) groups is 2. The first-order chi connectivity index (χ1) is 13.5. The van der Waals surface area contributed by atoms with E-state index in [1.165, 1.54) is 0 Å². The Morgan fingerprint density at radius 2 is 1.89 bits per heavy atom. The first-order valence-electron chi connectivity index (χ1n) is 9.03. The zero-order valence-corrected chi connectivity index (χ0v) is 17.4. The monoisotopic (exact) mass is 414 g/mol. The Bertz CT molecular complexity index is 936. The molecule has 1 heterocycles. The van der Waals surface area contributed by atoms with E-state index in [9.17, 15) is 9.59 Å². The zero-order chi connectivity index (χ0) is 19.9. The number of aromatic nitrogens is 1. The predicted octanol–water partition coefficient (Wildman–Crippen LogP) is 4.52. The molecule has 146 valence electrons. The Kier molecular flexibility index (Phi) is 7.06. The van der Waals surface area contributed by atoms with Gasteiger partial charge >= 0.3 is 5.97 Å². The number of ether oxygens (including phenoxy) is 1. The van der Waals surface area contributed by atoms with Crippen molar-refractivity contribution in [2.75, 3.05) is 13.2 Å². The second-order valence-corrected chi connectivity index (χ2v) is 8.92. The molecule has 3 rings (SSSR count). The summed E-state index contributed by atoms with van der Waals surface area (Å²) in [6, 6.07) is 15.3. The van der Waals surface area contributed by atoms with E-state index in [4.69, 9.17) is 4.74 Å². The molecular formula is C21H22N2O3S2.